The first kappa shape index (κ1) is 10.1. The van der Waals surface area contributed by atoms with Gasteiger partial charge in [0.1, 0.15) is 0 Å². The van der Waals surface area contributed by atoms with Crippen molar-refractivity contribution in [3.8, 4) is 0 Å². The van der Waals surface area contributed by atoms with Crippen molar-refractivity contribution < 1.29 is 9.90 Å². The minimum Gasteiger partial charge on any atom is -0.476 e. The first-order valence-electron chi connectivity index (χ1n) is 5.05. The molecule has 1 aliphatic heterocycles. The van der Waals surface area contributed by atoms with Crippen molar-refractivity contribution in [2.24, 2.45) is 0 Å². The third kappa shape index (κ3) is 2.15. The Morgan fingerprint density at radius 1 is 1.67 bits per heavy atom. The average molecular weight is 210 g/mol. The second-order valence-corrected chi connectivity index (χ2v) is 3.93. The van der Waals surface area contributed by atoms with E-state index in [1.165, 1.54) is 6.20 Å². The first-order valence-corrected chi connectivity index (χ1v) is 5.05. The average Bonchev–Trinajstić information content (AvgIpc) is 2.68. The maximum atomic E-state index is 10.6. The Kier molecular flexibility index (Phi) is 2.68. The zero-order valence-corrected chi connectivity index (χ0v) is 8.55. The number of piperidine rings is 1. The summed E-state index contributed by atoms with van der Waals surface area (Å²) in [5.41, 5.74) is 0.00798. The van der Waals surface area contributed by atoms with Crippen LogP contribution >= 0.6 is 0 Å². The van der Waals surface area contributed by atoms with Gasteiger partial charge in [0.25, 0.3) is 0 Å². The van der Waals surface area contributed by atoms with Crippen LogP contribution in [0.3, 0.4) is 0 Å². The number of nitrogens with zero attached hydrogens (tertiary/aromatic N) is 3. The molecular weight excluding hydrogens is 196 g/mol. The monoisotopic (exact) mass is 210 g/mol. The van der Waals surface area contributed by atoms with Crippen LogP contribution in [0.15, 0.2) is 6.20 Å². The zero-order chi connectivity index (χ0) is 10.8. The molecule has 0 aliphatic carbocycles. The van der Waals surface area contributed by atoms with E-state index in [1.807, 2.05) is 0 Å². The third-order valence-electron chi connectivity index (χ3n) is 2.74. The van der Waals surface area contributed by atoms with E-state index in [0.717, 1.165) is 19.4 Å². The van der Waals surface area contributed by atoms with Crippen LogP contribution < -0.4 is 5.32 Å². The van der Waals surface area contributed by atoms with Gasteiger partial charge in [-0.25, -0.2) is 9.48 Å². The lowest BCUT2D eigenvalue weighted by Gasteiger charge is -2.27. The number of rotatable bonds is 2. The predicted octanol–water partition coefficient (Wildman–Crippen LogP) is 0.289. The SMILES string of the molecule is C[C@@H]1CC[C@H](n2cc(C(=O)O)nn2)CN1. The van der Waals surface area contributed by atoms with Crippen LogP contribution in [0, 0.1) is 0 Å². The Morgan fingerprint density at radius 3 is 3.00 bits per heavy atom. The van der Waals surface area contributed by atoms with Gasteiger partial charge in [-0.15, -0.1) is 5.10 Å². The molecule has 0 saturated carbocycles. The molecule has 2 rings (SSSR count). The second-order valence-electron chi connectivity index (χ2n) is 3.93. The Hall–Kier alpha value is -1.43. The van der Waals surface area contributed by atoms with Gasteiger partial charge in [-0.1, -0.05) is 5.21 Å². The lowest BCUT2D eigenvalue weighted by Crippen LogP contribution is -2.38. The van der Waals surface area contributed by atoms with Gasteiger partial charge in [-0.2, -0.15) is 0 Å². The summed E-state index contributed by atoms with van der Waals surface area (Å²) in [6, 6.07) is 0.755. The molecule has 1 saturated heterocycles. The van der Waals surface area contributed by atoms with Crippen LogP contribution in [0.2, 0.25) is 0 Å². The highest BCUT2D eigenvalue weighted by Crippen LogP contribution is 2.18. The second kappa shape index (κ2) is 3.98. The smallest absolute Gasteiger partial charge is 0.358 e. The minimum atomic E-state index is -1.03. The van der Waals surface area contributed by atoms with Crippen molar-refractivity contribution in [2.45, 2.75) is 31.8 Å². The third-order valence-corrected chi connectivity index (χ3v) is 2.74. The van der Waals surface area contributed by atoms with Crippen LogP contribution in [0.5, 0.6) is 0 Å². The lowest BCUT2D eigenvalue weighted by atomic mass is 10.0. The summed E-state index contributed by atoms with van der Waals surface area (Å²) in [7, 11) is 0. The molecule has 0 radical (unpaired) electrons. The van der Waals surface area contributed by atoms with Crippen molar-refractivity contribution in [1.29, 1.82) is 0 Å². The molecule has 1 aromatic rings. The Labute approximate surface area is 87.3 Å². The lowest BCUT2D eigenvalue weighted by molar-refractivity contribution is 0.0690. The van der Waals surface area contributed by atoms with Crippen LogP contribution in [-0.2, 0) is 0 Å². The van der Waals surface area contributed by atoms with Gasteiger partial charge in [-0.3, -0.25) is 0 Å². The van der Waals surface area contributed by atoms with Crippen LogP contribution in [0.1, 0.15) is 36.3 Å². The number of carbonyl (C=O) groups is 1. The van der Waals surface area contributed by atoms with Crippen LogP contribution in [0.25, 0.3) is 0 Å². The number of carboxylic acid groups (broad SMARTS) is 1. The van der Waals surface area contributed by atoms with Gasteiger partial charge in [0, 0.05) is 12.6 Å². The summed E-state index contributed by atoms with van der Waals surface area (Å²) in [5, 5.41) is 19.5. The van der Waals surface area contributed by atoms with E-state index in [9.17, 15) is 4.79 Å². The van der Waals surface area contributed by atoms with E-state index < -0.39 is 5.97 Å². The zero-order valence-electron chi connectivity index (χ0n) is 8.55. The molecule has 0 bridgehead atoms. The van der Waals surface area contributed by atoms with Crippen molar-refractivity contribution in [3.63, 3.8) is 0 Å². The van der Waals surface area contributed by atoms with Crippen molar-refractivity contribution in [1.82, 2.24) is 20.3 Å². The fourth-order valence-corrected chi connectivity index (χ4v) is 1.76. The molecule has 0 unspecified atom stereocenters. The first-order chi connectivity index (χ1) is 7.16. The summed E-state index contributed by atoms with van der Waals surface area (Å²) >= 11 is 0. The van der Waals surface area contributed by atoms with Gasteiger partial charge >= 0.3 is 5.97 Å². The molecule has 2 N–H and O–H groups in total. The quantitative estimate of drug-likeness (QED) is 0.733. The summed E-state index contributed by atoms with van der Waals surface area (Å²) < 4.78 is 1.64. The Balaban J connectivity index is 2.06. The van der Waals surface area contributed by atoms with E-state index in [0.29, 0.717) is 6.04 Å². The maximum absolute atomic E-state index is 10.6. The number of hydrogen-bond acceptors (Lipinski definition) is 4. The van der Waals surface area contributed by atoms with E-state index in [1.54, 1.807) is 4.68 Å². The van der Waals surface area contributed by atoms with E-state index in [-0.39, 0.29) is 11.7 Å². The van der Waals surface area contributed by atoms with Crippen molar-refractivity contribution >= 4 is 5.97 Å². The van der Waals surface area contributed by atoms with Crippen molar-refractivity contribution in [2.75, 3.05) is 6.54 Å². The topological polar surface area (TPSA) is 80.0 Å². The molecule has 15 heavy (non-hydrogen) atoms. The standard InChI is InChI=1S/C9H14N4O2/c1-6-2-3-7(4-10-6)13-5-8(9(14)15)11-12-13/h5-7,10H,2-4H2,1H3,(H,14,15)/t6-,7+/m1/s1. The molecule has 1 aliphatic rings. The molecule has 1 aromatic heterocycles. The molecule has 6 heteroatoms. The number of aromatic nitrogens is 3. The fraction of sp³-hybridized carbons (Fsp3) is 0.667. The molecule has 1 fully saturated rings. The molecular formula is C9H14N4O2. The summed E-state index contributed by atoms with van der Waals surface area (Å²) in [6.07, 6.45) is 3.58. The summed E-state index contributed by atoms with van der Waals surface area (Å²) in [4.78, 5) is 10.6. The number of carboxylic acids is 1. The highest BCUT2D eigenvalue weighted by molar-refractivity contribution is 5.84. The highest BCUT2D eigenvalue weighted by atomic mass is 16.4. The number of aromatic carboxylic acids is 1. The van der Waals surface area contributed by atoms with Gasteiger partial charge in [0.05, 0.1) is 12.2 Å². The summed E-state index contributed by atoms with van der Waals surface area (Å²) in [5.74, 6) is -1.03. The molecule has 0 spiro atoms. The van der Waals surface area contributed by atoms with Crippen molar-refractivity contribution in [3.05, 3.63) is 11.9 Å². The van der Waals surface area contributed by atoms with Crippen LogP contribution in [0.4, 0.5) is 0 Å². The molecule has 0 amide bonds. The molecule has 82 valence electrons. The maximum Gasteiger partial charge on any atom is 0.358 e. The van der Waals surface area contributed by atoms with Gasteiger partial charge in [-0.05, 0) is 19.8 Å². The summed E-state index contributed by atoms with van der Waals surface area (Å²) in [6.45, 7) is 2.96. The largest absolute Gasteiger partial charge is 0.476 e. The molecule has 6 nitrogen and oxygen atoms in total. The fourth-order valence-electron chi connectivity index (χ4n) is 1.76. The van der Waals surface area contributed by atoms with Crippen LogP contribution in [-0.4, -0.2) is 38.7 Å². The van der Waals surface area contributed by atoms with Gasteiger partial charge in [0.15, 0.2) is 5.69 Å². The highest BCUT2D eigenvalue weighted by Gasteiger charge is 2.21. The number of hydrogen-bond donors (Lipinski definition) is 2. The van der Waals surface area contributed by atoms with E-state index in [2.05, 4.69) is 22.6 Å². The van der Waals surface area contributed by atoms with Gasteiger partial charge < -0.3 is 10.4 Å². The Bertz CT molecular complexity index is 355. The normalized spacial score (nSPS) is 26.5. The molecule has 2 heterocycles. The van der Waals surface area contributed by atoms with E-state index in [4.69, 9.17) is 5.11 Å². The number of nitrogens with one attached hydrogen (secondary N) is 1. The Morgan fingerprint density at radius 2 is 2.47 bits per heavy atom. The molecule has 0 aromatic carbocycles. The van der Waals surface area contributed by atoms with Gasteiger partial charge in [0.2, 0.25) is 0 Å². The molecule has 2 atom stereocenters. The minimum absolute atomic E-state index is 0.00798. The predicted molar refractivity (Wildman–Crippen MR) is 52.7 cm³/mol. The van der Waals surface area contributed by atoms with E-state index >= 15 is 0 Å².